The molecule has 3 rings (SSSR count). The molecule has 4 nitrogen and oxygen atoms in total. The van der Waals surface area contributed by atoms with Gasteiger partial charge in [-0.05, 0) is 43.4 Å². The standard InChI is InChI=1S/C22H26N2O2/c1-16-9-11-18(12-10-16)14-19-6-3-4-8-21(19)22(26)23-20-7-5-13-24(15-20)17(2)25/h3-4,6,8-12,20H,5,7,13-15H2,1-2H3,(H,23,26)/t20-/m1/s1. The second kappa shape index (κ2) is 8.17. The molecule has 2 aromatic rings. The van der Waals surface area contributed by atoms with Crippen LogP contribution in [0, 0.1) is 6.92 Å². The Bertz CT molecular complexity index is 783. The van der Waals surface area contributed by atoms with Crippen LogP contribution < -0.4 is 5.32 Å². The third-order valence-electron chi connectivity index (χ3n) is 4.98. The highest BCUT2D eigenvalue weighted by Crippen LogP contribution is 2.17. The van der Waals surface area contributed by atoms with E-state index in [0.717, 1.165) is 31.4 Å². The predicted molar refractivity (Wildman–Crippen MR) is 103 cm³/mol. The minimum absolute atomic E-state index is 0.0209. The van der Waals surface area contributed by atoms with Gasteiger partial charge in [-0.15, -0.1) is 0 Å². The van der Waals surface area contributed by atoms with Crippen LogP contribution in [0.5, 0.6) is 0 Å². The molecule has 0 radical (unpaired) electrons. The van der Waals surface area contributed by atoms with Crippen molar-refractivity contribution in [3.05, 3.63) is 70.8 Å². The number of nitrogens with zero attached hydrogens (tertiary/aromatic N) is 1. The summed E-state index contributed by atoms with van der Waals surface area (Å²) in [5.74, 6) is 0.0202. The average molecular weight is 350 g/mol. The lowest BCUT2D eigenvalue weighted by Gasteiger charge is -2.32. The average Bonchev–Trinajstić information content (AvgIpc) is 2.64. The van der Waals surface area contributed by atoms with Gasteiger partial charge in [0.05, 0.1) is 0 Å². The molecule has 1 atom stereocenters. The number of rotatable bonds is 4. The van der Waals surface area contributed by atoms with Crippen molar-refractivity contribution in [1.29, 1.82) is 0 Å². The van der Waals surface area contributed by atoms with E-state index in [1.165, 1.54) is 11.1 Å². The van der Waals surface area contributed by atoms with E-state index in [4.69, 9.17) is 0 Å². The largest absolute Gasteiger partial charge is 0.348 e. The smallest absolute Gasteiger partial charge is 0.251 e. The number of likely N-dealkylation sites (tertiary alicyclic amines) is 1. The predicted octanol–water partition coefficient (Wildman–Crippen LogP) is 3.33. The second-order valence-electron chi connectivity index (χ2n) is 7.10. The van der Waals surface area contributed by atoms with Crippen LogP contribution in [0.1, 0.15) is 46.8 Å². The Hall–Kier alpha value is -2.62. The topological polar surface area (TPSA) is 49.4 Å². The lowest BCUT2D eigenvalue weighted by molar-refractivity contribution is -0.130. The van der Waals surface area contributed by atoms with E-state index < -0.39 is 0 Å². The summed E-state index contributed by atoms with van der Waals surface area (Å²) in [6, 6.07) is 16.2. The van der Waals surface area contributed by atoms with Crippen LogP contribution in [0.15, 0.2) is 48.5 Å². The first-order chi connectivity index (χ1) is 12.5. The van der Waals surface area contributed by atoms with Crippen molar-refractivity contribution in [2.75, 3.05) is 13.1 Å². The van der Waals surface area contributed by atoms with E-state index in [1.807, 2.05) is 29.2 Å². The Kier molecular flexibility index (Phi) is 5.71. The number of piperidine rings is 1. The first kappa shape index (κ1) is 18.2. The zero-order valence-corrected chi connectivity index (χ0v) is 15.5. The van der Waals surface area contributed by atoms with E-state index >= 15 is 0 Å². The van der Waals surface area contributed by atoms with Gasteiger partial charge in [0.2, 0.25) is 5.91 Å². The van der Waals surface area contributed by atoms with Crippen molar-refractivity contribution in [1.82, 2.24) is 10.2 Å². The van der Waals surface area contributed by atoms with Crippen LogP contribution in [-0.2, 0) is 11.2 Å². The van der Waals surface area contributed by atoms with E-state index in [0.29, 0.717) is 12.1 Å². The highest BCUT2D eigenvalue weighted by atomic mass is 16.2. The number of benzene rings is 2. The third kappa shape index (κ3) is 4.51. The molecule has 0 spiro atoms. The number of hydrogen-bond donors (Lipinski definition) is 1. The summed E-state index contributed by atoms with van der Waals surface area (Å²) in [6.45, 7) is 5.04. The zero-order valence-electron chi connectivity index (χ0n) is 15.5. The summed E-state index contributed by atoms with van der Waals surface area (Å²) >= 11 is 0. The van der Waals surface area contributed by atoms with Crippen LogP contribution in [0.4, 0.5) is 0 Å². The molecule has 1 heterocycles. The van der Waals surface area contributed by atoms with Crippen LogP contribution in [0.3, 0.4) is 0 Å². The van der Waals surface area contributed by atoms with Gasteiger partial charge in [-0.25, -0.2) is 0 Å². The Balaban J connectivity index is 1.71. The molecule has 0 bridgehead atoms. The van der Waals surface area contributed by atoms with Gasteiger partial charge >= 0.3 is 0 Å². The van der Waals surface area contributed by atoms with Crippen LogP contribution in [0.2, 0.25) is 0 Å². The maximum Gasteiger partial charge on any atom is 0.251 e. The quantitative estimate of drug-likeness (QED) is 0.919. The van der Waals surface area contributed by atoms with E-state index in [9.17, 15) is 9.59 Å². The van der Waals surface area contributed by atoms with Crippen molar-refractivity contribution in [3.8, 4) is 0 Å². The molecule has 1 fully saturated rings. The van der Waals surface area contributed by atoms with Gasteiger partial charge in [-0.3, -0.25) is 9.59 Å². The minimum atomic E-state index is -0.0527. The Morgan fingerprint density at radius 2 is 1.85 bits per heavy atom. The highest BCUT2D eigenvalue weighted by molar-refractivity contribution is 5.96. The van der Waals surface area contributed by atoms with Gasteiger partial charge in [0, 0.05) is 31.6 Å². The molecule has 0 aromatic heterocycles. The number of amides is 2. The van der Waals surface area contributed by atoms with Crippen LogP contribution in [0.25, 0.3) is 0 Å². The maximum atomic E-state index is 12.8. The van der Waals surface area contributed by atoms with E-state index in [1.54, 1.807) is 6.92 Å². The normalized spacial score (nSPS) is 17.0. The van der Waals surface area contributed by atoms with Crippen LogP contribution >= 0.6 is 0 Å². The molecule has 1 aliphatic rings. The number of carbonyl (C=O) groups is 2. The molecule has 0 unspecified atom stereocenters. The summed E-state index contributed by atoms with van der Waals surface area (Å²) < 4.78 is 0. The molecule has 0 aliphatic carbocycles. The first-order valence-corrected chi connectivity index (χ1v) is 9.23. The Morgan fingerprint density at radius 1 is 1.12 bits per heavy atom. The van der Waals surface area contributed by atoms with Crippen LogP contribution in [-0.4, -0.2) is 35.8 Å². The summed E-state index contributed by atoms with van der Waals surface area (Å²) in [7, 11) is 0. The zero-order chi connectivity index (χ0) is 18.5. The molecule has 136 valence electrons. The van der Waals surface area contributed by atoms with E-state index in [-0.39, 0.29) is 17.9 Å². The minimum Gasteiger partial charge on any atom is -0.348 e. The fourth-order valence-electron chi connectivity index (χ4n) is 3.47. The SMILES string of the molecule is CC(=O)N1CCC[C@@H](NC(=O)c2ccccc2Cc2ccc(C)cc2)C1. The van der Waals surface area contributed by atoms with Gasteiger partial charge in [-0.1, -0.05) is 48.0 Å². The van der Waals surface area contributed by atoms with Crippen molar-refractivity contribution < 1.29 is 9.59 Å². The molecule has 0 saturated carbocycles. The third-order valence-corrected chi connectivity index (χ3v) is 4.98. The maximum absolute atomic E-state index is 12.8. The first-order valence-electron chi connectivity index (χ1n) is 9.23. The second-order valence-corrected chi connectivity index (χ2v) is 7.10. The summed E-state index contributed by atoms with van der Waals surface area (Å²) in [6.07, 6.45) is 2.57. The molecule has 1 N–H and O–H groups in total. The number of carbonyl (C=O) groups excluding carboxylic acids is 2. The molecule has 2 amide bonds. The van der Waals surface area contributed by atoms with Crippen molar-refractivity contribution in [2.24, 2.45) is 0 Å². The van der Waals surface area contributed by atoms with Crippen molar-refractivity contribution in [2.45, 2.75) is 39.2 Å². The Labute approximate surface area is 155 Å². The van der Waals surface area contributed by atoms with Crippen molar-refractivity contribution >= 4 is 11.8 Å². The monoisotopic (exact) mass is 350 g/mol. The fraction of sp³-hybridized carbons (Fsp3) is 0.364. The lowest BCUT2D eigenvalue weighted by Crippen LogP contribution is -2.49. The number of hydrogen-bond acceptors (Lipinski definition) is 2. The molecule has 26 heavy (non-hydrogen) atoms. The Morgan fingerprint density at radius 3 is 2.58 bits per heavy atom. The lowest BCUT2D eigenvalue weighted by atomic mass is 9.98. The van der Waals surface area contributed by atoms with E-state index in [2.05, 4.69) is 36.5 Å². The molecular weight excluding hydrogens is 324 g/mol. The van der Waals surface area contributed by atoms with Gasteiger partial charge in [0.1, 0.15) is 0 Å². The van der Waals surface area contributed by atoms with Crippen molar-refractivity contribution in [3.63, 3.8) is 0 Å². The van der Waals surface area contributed by atoms with Gasteiger partial charge < -0.3 is 10.2 Å². The number of nitrogens with one attached hydrogen (secondary N) is 1. The summed E-state index contributed by atoms with van der Waals surface area (Å²) in [5, 5.41) is 3.12. The fourth-order valence-corrected chi connectivity index (χ4v) is 3.47. The van der Waals surface area contributed by atoms with Gasteiger partial charge in [0.15, 0.2) is 0 Å². The molecule has 4 heteroatoms. The van der Waals surface area contributed by atoms with Gasteiger partial charge in [-0.2, -0.15) is 0 Å². The molecule has 2 aromatic carbocycles. The van der Waals surface area contributed by atoms with Gasteiger partial charge in [0.25, 0.3) is 5.91 Å². The number of aryl methyl sites for hydroxylation is 1. The molecule has 1 saturated heterocycles. The highest BCUT2D eigenvalue weighted by Gasteiger charge is 2.23. The summed E-state index contributed by atoms with van der Waals surface area (Å²) in [4.78, 5) is 26.2. The summed E-state index contributed by atoms with van der Waals surface area (Å²) in [5.41, 5.74) is 4.16. The molecular formula is C22H26N2O2. The molecule has 1 aliphatic heterocycles.